The summed E-state index contributed by atoms with van der Waals surface area (Å²) in [6.45, 7) is 0.563. The highest BCUT2D eigenvalue weighted by atomic mass is 16.5. The first kappa shape index (κ1) is 12.9. The van der Waals surface area contributed by atoms with E-state index in [2.05, 4.69) is 4.98 Å². The van der Waals surface area contributed by atoms with Gasteiger partial charge in [-0.2, -0.15) is 0 Å². The summed E-state index contributed by atoms with van der Waals surface area (Å²) in [6, 6.07) is 3.51. The summed E-state index contributed by atoms with van der Waals surface area (Å²) in [5.74, 6) is 0.361. The smallest absolute Gasteiger partial charge is 0.311 e. The number of esters is 1. The molecule has 0 aromatic carbocycles. The first-order valence-electron chi connectivity index (χ1n) is 6.60. The van der Waals surface area contributed by atoms with Crippen LogP contribution in [0.5, 0.6) is 0 Å². The zero-order chi connectivity index (χ0) is 12.8. The lowest BCUT2D eigenvalue weighted by Crippen LogP contribution is -2.18. The van der Waals surface area contributed by atoms with E-state index in [4.69, 9.17) is 10.5 Å². The van der Waals surface area contributed by atoms with Gasteiger partial charge in [0.15, 0.2) is 0 Å². The van der Waals surface area contributed by atoms with E-state index in [0.717, 1.165) is 0 Å². The molecule has 0 saturated heterocycles. The molecule has 1 aromatic heterocycles. The topological polar surface area (TPSA) is 65.2 Å². The molecule has 0 atom stereocenters. The molecule has 4 nitrogen and oxygen atoms in total. The number of pyridine rings is 1. The third kappa shape index (κ3) is 4.02. The van der Waals surface area contributed by atoms with Crippen molar-refractivity contribution in [1.82, 2.24) is 4.98 Å². The monoisotopic (exact) mass is 248 g/mol. The molecule has 0 amide bonds. The van der Waals surface area contributed by atoms with Crippen LogP contribution in [-0.4, -0.2) is 17.6 Å². The third-order valence-corrected chi connectivity index (χ3v) is 3.38. The van der Waals surface area contributed by atoms with Crippen LogP contribution in [-0.2, 0) is 16.0 Å². The van der Waals surface area contributed by atoms with E-state index < -0.39 is 0 Å². The maximum atomic E-state index is 11.6. The van der Waals surface area contributed by atoms with Crippen molar-refractivity contribution >= 4 is 11.7 Å². The molecule has 0 bridgehead atoms. The zero-order valence-electron chi connectivity index (χ0n) is 10.6. The van der Waals surface area contributed by atoms with Crippen molar-refractivity contribution in [1.29, 1.82) is 0 Å². The van der Waals surface area contributed by atoms with Crippen molar-refractivity contribution in [2.75, 3.05) is 12.3 Å². The fraction of sp³-hybridized carbons (Fsp3) is 0.571. The largest absolute Gasteiger partial charge is 0.465 e. The van der Waals surface area contributed by atoms with Crippen LogP contribution < -0.4 is 5.73 Å². The lowest BCUT2D eigenvalue weighted by Gasteiger charge is -2.20. The average Bonchev–Trinajstić information content (AvgIpc) is 2.40. The molecule has 4 heteroatoms. The maximum absolute atomic E-state index is 11.6. The van der Waals surface area contributed by atoms with Gasteiger partial charge in [-0.05, 0) is 30.9 Å². The third-order valence-electron chi connectivity index (χ3n) is 3.38. The van der Waals surface area contributed by atoms with E-state index in [0.29, 0.717) is 23.9 Å². The van der Waals surface area contributed by atoms with Crippen LogP contribution >= 0.6 is 0 Å². The number of hydrogen-bond donors (Lipinski definition) is 1. The summed E-state index contributed by atoms with van der Waals surface area (Å²) < 4.78 is 5.31. The van der Waals surface area contributed by atoms with E-state index in [1.807, 2.05) is 0 Å². The minimum Gasteiger partial charge on any atom is -0.465 e. The molecule has 0 radical (unpaired) electrons. The first-order chi connectivity index (χ1) is 8.74. The molecule has 1 aromatic rings. The molecule has 98 valence electrons. The fourth-order valence-electron chi connectivity index (χ4n) is 2.30. The summed E-state index contributed by atoms with van der Waals surface area (Å²) in [7, 11) is 0. The molecule has 2 rings (SSSR count). The van der Waals surface area contributed by atoms with E-state index in [-0.39, 0.29) is 12.4 Å². The van der Waals surface area contributed by atoms with Gasteiger partial charge in [0.2, 0.25) is 0 Å². The first-order valence-corrected chi connectivity index (χ1v) is 6.60. The number of nitrogens with zero attached hydrogens (tertiary/aromatic N) is 1. The van der Waals surface area contributed by atoms with Crippen LogP contribution in [0.1, 0.15) is 37.8 Å². The van der Waals surface area contributed by atoms with Gasteiger partial charge in [-0.15, -0.1) is 0 Å². The van der Waals surface area contributed by atoms with Crippen molar-refractivity contribution in [3.8, 4) is 0 Å². The maximum Gasteiger partial charge on any atom is 0.311 e. The number of carbonyl (C=O) groups excluding carboxylic acids is 1. The Bertz CT molecular complexity index is 383. The van der Waals surface area contributed by atoms with Gasteiger partial charge < -0.3 is 10.5 Å². The number of ether oxygens (including phenoxy) is 1. The second kappa shape index (κ2) is 6.38. The Morgan fingerprint density at radius 1 is 1.33 bits per heavy atom. The van der Waals surface area contributed by atoms with Crippen LogP contribution in [0, 0.1) is 5.92 Å². The fourth-order valence-corrected chi connectivity index (χ4v) is 2.30. The van der Waals surface area contributed by atoms with Gasteiger partial charge in [-0.25, -0.2) is 0 Å². The van der Waals surface area contributed by atoms with Crippen molar-refractivity contribution in [2.24, 2.45) is 5.92 Å². The van der Waals surface area contributed by atoms with Gasteiger partial charge in [0.05, 0.1) is 30.6 Å². The number of anilines is 1. The van der Waals surface area contributed by atoms with Gasteiger partial charge in [0.25, 0.3) is 0 Å². The molecule has 0 aliphatic heterocycles. The lowest BCUT2D eigenvalue weighted by molar-refractivity contribution is -0.144. The minimum absolute atomic E-state index is 0.196. The van der Waals surface area contributed by atoms with Gasteiger partial charge in [0, 0.05) is 0 Å². The molecule has 1 aliphatic rings. The lowest BCUT2D eigenvalue weighted by atomic mass is 9.90. The molecular formula is C14H20N2O2. The van der Waals surface area contributed by atoms with Gasteiger partial charge >= 0.3 is 5.97 Å². The van der Waals surface area contributed by atoms with Crippen LogP contribution in [0.25, 0.3) is 0 Å². The summed E-state index contributed by atoms with van der Waals surface area (Å²) >= 11 is 0. The molecule has 0 unspecified atom stereocenters. The van der Waals surface area contributed by atoms with E-state index in [1.54, 1.807) is 18.3 Å². The van der Waals surface area contributed by atoms with Crippen LogP contribution in [0.2, 0.25) is 0 Å². The van der Waals surface area contributed by atoms with Gasteiger partial charge in [-0.3, -0.25) is 9.78 Å². The normalized spacial score (nSPS) is 16.4. The predicted molar refractivity (Wildman–Crippen MR) is 69.9 cm³/mol. The Labute approximate surface area is 108 Å². The molecule has 18 heavy (non-hydrogen) atoms. The minimum atomic E-state index is -0.196. The molecule has 0 spiro atoms. The second-order valence-corrected chi connectivity index (χ2v) is 4.95. The Kier molecular flexibility index (Phi) is 4.56. The second-order valence-electron chi connectivity index (χ2n) is 4.95. The highest BCUT2D eigenvalue weighted by molar-refractivity contribution is 5.72. The average molecular weight is 248 g/mol. The zero-order valence-corrected chi connectivity index (χ0v) is 10.6. The Hall–Kier alpha value is -1.58. The van der Waals surface area contributed by atoms with Crippen molar-refractivity contribution in [3.63, 3.8) is 0 Å². The molecule has 1 heterocycles. The molecule has 1 aliphatic carbocycles. The molecule has 1 fully saturated rings. The Morgan fingerprint density at radius 2 is 2.11 bits per heavy atom. The van der Waals surface area contributed by atoms with E-state index >= 15 is 0 Å². The number of nitrogen functional groups attached to an aromatic ring is 1. The summed E-state index contributed by atoms with van der Waals surface area (Å²) in [5, 5.41) is 0. The van der Waals surface area contributed by atoms with Crippen LogP contribution in [0.15, 0.2) is 18.3 Å². The van der Waals surface area contributed by atoms with Crippen molar-refractivity contribution in [3.05, 3.63) is 24.0 Å². The number of carbonyl (C=O) groups is 1. The van der Waals surface area contributed by atoms with E-state index in [9.17, 15) is 4.79 Å². The number of nitrogens with two attached hydrogens (primary N) is 1. The summed E-state index contributed by atoms with van der Waals surface area (Å²) in [5.41, 5.74) is 6.85. The summed E-state index contributed by atoms with van der Waals surface area (Å²) in [4.78, 5) is 15.7. The van der Waals surface area contributed by atoms with Gasteiger partial charge in [-0.1, -0.05) is 19.3 Å². The van der Waals surface area contributed by atoms with Crippen LogP contribution in [0.4, 0.5) is 5.69 Å². The van der Waals surface area contributed by atoms with Crippen LogP contribution in [0.3, 0.4) is 0 Å². The van der Waals surface area contributed by atoms with Crippen molar-refractivity contribution in [2.45, 2.75) is 38.5 Å². The quantitative estimate of drug-likeness (QED) is 0.830. The standard InChI is InChI=1S/C14H20N2O2/c15-12-6-7-13(16-9-12)8-14(17)18-10-11-4-2-1-3-5-11/h6-7,9,11H,1-5,8,10,15H2. The molecular weight excluding hydrogens is 228 g/mol. The predicted octanol–water partition coefficient (Wildman–Crippen LogP) is 2.33. The number of hydrogen-bond acceptors (Lipinski definition) is 4. The SMILES string of the molecule is Nc1ccc(CC(=O)OCC2CCCCC2)nc1. The van der Waals surface area contributed by atoms with Gasteiger partial charge in [0.1, 0.15) is 0 Å². The molecule has 1 saturated carbocycles. The summed E-state index contributed by atoms with van der Waals surface area (Å²) in [6.07, 6.45) is 8.01. The highest BCUT2D eigenvalue weighted by Crippen LogP contribution is 2.23. The Balaban J connectivity index is 1.73. The Morgan fingerprint density at radius 3 is 2.78 bits per heavy atom. The van der Waals surface area contributed by atoms with E-state index in [1.165, 1.54) is 32.1 Å². The number of aromatic nitrogens is 1. The molecule has 2 N–H and O–H groups in total. The van der Waals surface area contributed by atoms with Crippen molar-refractivity contribution < 1.29 is 9.53 Å². The highest BCUT2D eigenvalue weighted by Gasteiger charge is 2.15. The number of rotatable bonds is 4.